The van der Waals surface area contributed by atoms with Crippen LogP contribution in [-0.2, 0) is 6.54 Å². The lowest BCUT2D eigenvalue weighted by Gasteiger charge is -2.09. The van der Waals surface area contributed by atoms with E-state index >= 15 is 0 Å². The normalized spacial score (nSPS) is 11.0. The highest BCUT2D eigenvalue weighted by Gasteiger charge is 2.23. The van der Waals surface area contributed by atoms with Crippen molar-refractivity contribution in [2.75, 3.05) is 5.73 Å². The number of aromatic nitrogens is 3. The Morgan fingerprint density at radius 2 is 2.09 bits per heavy atom. The van der Waals surface area contributed by atoms with E-state index in [4.69, 9.17) is 10.2 Å². The van der Waals surface area contributed by atoms with Crippen molar-refractivity contribution in [3.8, 4) is 11.6 Å². The number of nitrogens with two attached hydrogens (primary N) is 1. The van der Waals surface area contributed by atoms with Crippen molar-refractivity contribution in [2.45, 2.75) is 20.4 Å². The minimum Gasteiger partial charge on any atom is -0.435 e. The van der Waals surface area contributed by atoms with Crippen LogP contribution in [0.25, 0.3) is 22.7 Å². The summed E-state index contributed by atoms with van der Waals surface area (Å²) in [4.78, 5) is 28.3. The van der Waals surface area contributed by atoms with E-state index in [0.29, 0.717) is 17.6 Å². The first-order chi connectivity index (χ1) is 10.5. The highest BCUT2D eigenvalue weighted by Crippen LogP contribution is 2.27. The van der Waals surface area contributed by atoms with E-state index in [2.05, 4.69) is 10.1 Å². The number of carbonyl (C=O) groups is 1. The van der Waals surface area contributed by atoms with Crippen LogP contribution in [0.3, 0.4) is 0 Å². The number of fused-ring (bicyclic) bond motifs is 1. The number of para-hydroxylation sites is 2. The summed E-state index contributed by atoms with van der Waals surface area (Å²) in [6, 6.07) is 7.20. The van der Waals surface area contributed by atoms with Gasteiger partial charge < -0.3 is 10.2 Å². The third-order valence-electron chi connectivity index (χ3n) is 3.34. The van der Waals surface area contributed by atoms with Gasteiger partial charge in [-0.05, 0) is 26.0 Å². The number of anilines is 1. The predicted molar refractivity (Wildman–Crippen MR) is 81.6 cm³/mol. The summed E-state index contributed by atoms with van der Waals surface area (Å²) in [5, 5.41) is 4.19. The number of Topliss-reactive ketones (excluding diaryl/α,β-unsaturated/α-hetero) is 1. The second-order valence-corrected chi connectivity index (χ2v) is 4.80. The van der Waals surface area contributed by atoms with Crippen molar-refractivity contribution in [1.29, 1.82) is 0 Å². The van der Waals surface area contributed by atoms with Gasteiger partial charge in [0.1, 0.15) is 11.2 Å². The van der Waals surface area contributed by atoms with Crippen LogP contribution in [0.15, 0.2) is 33.5 Å². The molecule has 2 heterocycles. The molecule has 2 aromatic heterocycles. The van der Waals surface area contributed by atoms with Gasteiger partial charge in [-0.25, -0.2) is 9.67 Å². The van der Waals surface area contributed by atoms with Crippen molar-refractivity contribution in [3.63, 3.8) is 0 Å². The number of aryl methyl sites for hydroxylation is 1. The molecule has 2 N–H and O–H groups in total. The Kier molecular flexibility index (Phi) is 3.25. The van der Waals surface area contributed by atoms with Gasteiger partial charge in [-0.15, -0.1) is 0 Å². The molecule has 0 spiro atoms. The largest absolute Gasteiger partial charge is 0.435 e. The fourth-order valence-electron chi connectivity index (χ4n) is 2.28. The molecule has 112 valence electrons. The van der Waals surface area contributed by atoms with Gasteiger partial charge in [-0.3, -0.25) is 9.59 Å². The maximum atomic E-state index is 12.1. The van der Waals surface area contributed by atoms with Crippen LogP contribution in [0.5, 0.6) is 0 Å². The average molecular weight is 298 g/mol. The van der Waals surface area contributed by atoms with Gasteiger partial charge in [0.15, 0.2) is 17.1 Å². The van der Waals surface area contributed by atoms with Crippen molar-refractivity contribution < 1.29 is 9.21 Å². The zero-order valence-corrected chi connectivity index (χ0v) is 12.2. The van der Waals surface area contributed by atoms with E-state index in [1.807, 2.05) is 12.1 Å². The SMILES string of the molecule is CCn1nc(-c2nc3ccccc3o2)c(C(C)=O)c(N)c1=O. The van der Waals surface area contributed by atoms with Gasteiger partial charge in [0.2, 0.25) is 5.89 Å². The molecule has 7 nitrogen and oxygen atoms in total. The maximum absolute atomic E-state index is 12.1. The number of nitrogens with zero attached hydrogens (tertiary/aromatic N) is 3. The smallest absolute Gasteiger partial charge is 0.290 e. The van der Waals surface area contributed by atoms with Gasteiger partial charge in [0.25, 0.3) is 5.56 Å². The third-order valence-corrected chi connectivity index (χ3v) is 3.34. The summed E-state index contributed by atoms with van der Waals surface area (Å²) in [6.45, 7) is 3.42. The Bertz CT molecular complexity index is 907. The molecule has 22 heavy (non-hydrogen) atoms. The molecule has 3 rings (SSSR count). The summed E-state index contributed by atoms with van der Waals surface area (Å²) in [6.07, 6.45) is 0. The third kappa shape index (κ3) is 2.07. The van der Waals surface area contributed by atoms with Crippen LogP contribution in [0.4, 0.5) is 5.69 Å². The number of hydrogen-bond donors (Lipinski definition) is 1. The van der Waals surface area contributed by atoms with Crippen LogP contribution in [0.2, 0.25) is 0 Å². The first-order valence-electron chi connectivity index (χ1n) is 6.80. The van der Waals surface area contributed by atoms with E-state index in [-0.39, 0.29) is 28.6 Å². The quantitative estimate of drug-likeness (QED) is 0.740. The van der Waals surface area contributed by atoms with Crippen molar-refractivity contribution in [2.24, 2.45) is 0 Å². The second kappa shape index (κ2) is 5.10. The highest BCUT2D eigenvalue weighted by molar-refractivity contribution is 6.03. The molecule has 7 heteroatoms. The Hall–Kier alpha value is -2.96. The Morgan fingerprint density at radius 1 is 1.36 bits per heavy atom. The van der Waals surface area contributed by atoms with Gasteiger partial charge >= 0.3 is 0 Å². The van der Waals surface area contributed by atoms with Gasteiger partial charge in [-0.1, -0.05) is 12.1 Å². The number of carbonyl (C=O) groups excluding carboxylic acids is 1. The summed E-state index contributed by atoms with van der Waals surface area (Å²) in [5.74, 6) is -0.192. The molecule has 0 aliphatic carbocycles. The topological polar surface area (TPSA) is 104 Å². The van der Waals surface area contributed by atoms with Crippen LogP contribution < -0.4 is 11.3 Å². The number of oxazole rings is 1. The molecule has 0 aliphatic rings. The van der Waals surface area contributed by atoms with Crippen molar-refractivity contribution in [3.05, 3.63) is 40.2 Å². The highest BCUT2D eigenvalue weighted by atomic mass is 16.3. The molecule has 3 aromatic rings. The molecule has 0 bridgehead atoms. The lowest BCUT2D eigenvalue weighted by atomic mass is 10.1. The fourth-order valence-corrected chi connectivity index (χ4v) is 2.28. The maximum Gasteiger partial charge on any atom is 0.290 e. The number of nitrogen functional groups attached to an aromatic ring is 1. The van der Waals surface area contributed by atoms with E-state index < -0.39 is 5.56 Å². The standard InChI is InChI=1S/C15H14N4O3/c1-3-19-15(21)12(16)11(8(2)20)13(18-19)14-17-9-6-4-5-7-10(9)22-14/h4-7H,3,16H2,1-2H3. The molecule has 0 saturated carbocycles. The van der Waals surface area contributed by atoms with Crippen LogP contribution >= 0.6 is 0 Å². The number of ketones is 1. The number of hydrogen-bond acceptors (Lipinski definition) is 6. The average Bonchev–Trinajstić information content (AvgIpc) is 2.93. The molecule has 0 amide bonds. The molecular formula is C15H14N4O3. The Balaban J connectivity index is 2.35. The Labute approximate surface area is 125 Å². The predicted octanol–water partition coefficient (Wildman–Crippen LogP) is 1.86. The molecule has 0 radical (unpaired) electrons. The second-order valence-electron chi connectivity index (χ2n) is 4.80. The summed E-state index contributed by atoms with van der Waals surface area (Å²) >= 11 is 0. The fraction of sp³-hybridized carbons (Fsp3) is 0.200. The molecule has 1 aromatic carbocycles. The van der Waals surface area contributed by atoms with Gasteiger partial charge in [-0.2, -0.15) is 5.10 Å². The first kappa shape index (κ1) is 14.0. The van der Waals surface area contributed by atoms with Crippen molar-refractivity contribution in [1.82, 2.24) is 14.8 Å². The summed E-state index contributed by atoms with van der Waals surface area (Å²) in [7, 11) is 0. The van der Waals surface area contributed by atoms with E-state index in [9.17, 15) is 9.59 Å². The molecular weight excluding hydrogens is 284 g/mol. The number of rotatable bonds is 3. The van der Waals surface area contributed by atoms with Crippen LogP contribution in [0.1, 0.15) is 24.2 Å². The van der Waals surface area contributed by atoms with E-state index in [1.165, 1.54) is 11.6 Å². The van der Waals surface area contributed by atoms with E-state index in [0.717, 1.165) is 0 Å². The first-order valence-corrected chi connectivity index (χ1v) is 6.80. The minimum atomic E-state index is -0.493. The van der Waals surface area contributed by atoms with E-state index in [1.54, 1.807) is 19.1 Å². The lowest BCUT2D eigenvalue weighted by molar-refractivity contribution is 0.101. The summed E-state index contributed by atoms with van der Waals surface area (Å²) < 4.78 is 6.83. The van der Waals surface area contributed by atoms with Crippen LogP contribution in [-0.4, -0.2) is 20.5 Å². The molecule has 0 saturated heterocycles. The zero-order chi connectivity index (χ0) is 15.9. The lowest BCUT2D eigenvalue weighted by Crippen LogP contribution is -2.28. The Morgan fingerprint density at radius 3 is 2.73 bits per heavy atom. The summed E-state index contributed by atoms with van der Waals surface area (Å²) in [5.41, 5.74) is 6.64. The van der Waals surface area contributed by atoms with Gasteiger partial charge in [0, 0.05) is 6.54 Å². The molecule has 0 aliphatic heterocycles. The molecule has 0 unspecified atom stereocenters. The number of benzene rings is 1. The van der Waals surface area contributed by atoms with Crippen molar-refractivity contribution >= 4 is 22.6 Å². The van der Waals surface area contributed by atoms with Gasteiger partial charge in [0.05, 0.1) is 5.56 Å². The molecule has 0 atom stereocenters. The zero-order valence-electron chi connectivity index (χ0n) is 12.2. The monoisotopic (exact) mass is 298 g/mol. The molecule has 0 fully saturated rings. The minimum absolute atomic E-state index is 0.0428. The van der Waals surface area contributed by atoms with Crippen LogP contribution in [0, 0.1) is 0 Å².